The van der Waals surface area contributed by atoms with Gasteiger partial charge in [0.15, 0.2) is 5.11 Å². The molecule has 0 aliphatic rings. The predicted molar refractivity (Wildman–Crippen MR) is 31.0 cm³/mol. The molecule has 0 aromatic carbocycles. The van der Waals surface area contributed by atoms with E-state index in [4.69, 9.17) is 5.73 Å². The van der Waals surface area contributed by atoms with Gasteiger partial charge in [0.2, 0.25) is 0 Å². The van der Waals surface area contributed by atoms with Crippen LogP contribution in [0.25, 0.3) is 0 Å². The van der Waals surface area contributed by atoms with Crippen molar-refractivity contribution < 1.29 is 0 Å². The Hall–Kier alpha value is -0.440. The zero-order valence-electron chi connectivity index (χ0n) is 3.51. The molecule has 34 valence electrons. The topological polar surface area (TPSA) is 38.4 Å². The molecule has 0 unspecified atom stereocenters. The molecule has 6 heavy (non-hydrogen) atoms. The molecule has 0 radical (unpaired) electrons. The smallest absolute Gasteiger partial charge is 0.189 e. The van der Waals surface area contributed by atoms with Crippen molar-refractivity contribution in [1.29, 1.82) is 0 Å². The van der Waals surface area contributed by atoms with Gasteiger partial charge in [-0.15, -0.1) is 0 Å². The van der Waals surface area contributed by atoms with Crippen LogP contribution in [0.5, 0.6) is 0 Å². The minimum absolute atomic E-state index is 0.192. The fourth-order valence-electron chi connectivity index (χ4n) is 0.127. The largest absolute Gasteiger partial charge is 0.374 e. The first-order valence-electron chi connectivity index (χ1n) is 1.55. The number of nitrogens with zero attached hydrogens (tertiary/aromatic N) is 1. The Balaban J connectivity index is 3.30. The molecule has 0 aliphatic carbocycles. The maximum Gasteiger partial charge on any atom is 0.189 e. The highest BCUT2D eigenvalue weighted by molar-refractivity contribution is 7.80. The maximum atomic E-state index is 4.94. The highest BCUT2D eigenvalue weighted by Gasteiger charge is 1.67. The molecule has 0 aliphatic heterocycles. The van der Waals surface area contributed by atoms with Crippen LogP contribution in [0.3, 0.4) is 0 Å². The maximum absolute atomic E-state index is 4.94. The molecule has 0 amide bonds. The van der Waals surface area contributed by atoms with Crippen LogP contribution >= 0.6 is 12.2 Å². The molecule has 0 aromatic rings. The molecule has 0 atom stereocenters. The summed E-state index contributed by atoms with van der Waals surface area (Å²) < 4.78 is 0. The summed E-state index contributed by atoms with van der Waals surface area (Å²) in [7, 11) is 0. The van der Waals surface area contributed by atoms with Gasteiger partial charge in [-0.05, 0) is 19.1 Å². The molecule has 0 spiro atoms. The Labute approximate surface area is 42.1 Å². The summed E-state index contributed by atoms with van der Waals surface area (Å²) in [5.74, 6) is 0. The van der Waals surface area contributed by atoms with Crippen LogP contribution in [0.4, 0.5) is 0 Å². The molecule has 0 saturated heterocycles. The number of hydrogen-bond donors (Lipinski definition) is 1. The van der Waals surface area contributed by atoms with Gasteiger partial charge in [-0.25, -0.2) is 4.99 Å². The molecular weight excluding hydrogens is 96.1 g/mol. The molecule has 0 saturated carbocycles. The molecule has 0 rings (SSSR count). The minimum Gasteiger partial charge on any atom is -0.374 e. The van der Waals surface area contributed by atoms with Crippen molar-refractivity contribution in [3.05, 3.63) is 0 Å². The van der Waals surface area contributed by atoms with Gasteiger partial charge in [0.25, 0.3) is 0 Å². The standard InChI is InChI=1S/C3H6N2S/c1-2-5-3(4)6/h2H,1H3,(H2,4,6). The first kappa shape index (κ1) is 5.56. The van der Waals surface area contributed by atoms with Gasteiger partial charge >= 0.3 is 0 Å². The van der Waals surface area contributed by atoms with E-state index in [1.54, 1.807) is 13.1 Å². The molecule has 0 aromatic heterocycles. The summed E-state index contributed by atoms with van der Waals surface area (Å²) in [5.41, 5.74) is 4.94. The van der Waals surface area contributed by atoms with E-state index >= 15 is 0 Å². The van der Waals surface area contributed by atoms with Crippen molar-refractivity contribution in [2.75, 3.05) is 0 Å². The van der Waals surface area contributed by atoms with Crippen molar-refractivity contribution in [2.24, 2.45) is 10.7 Å². The van der Waals surface area contributed by atoms with Gasteiger partial charge in [-0.1, -0.05) is 0 Å². The SMILES string of the molecule is CC=NC(N)=S. The van der Waals surface area contributed by atoms with E-state index < -0.39 is 0 Å². The lowest BCUT2D eigenvalue weighted by atomic mass is 10.9. The summed E-state index contributed by atoms with van der Waals surface area (Å²) in [5, 5.41) is 0.192. The van der Waals surface area contributed by atoms with Crippen LogP contribution in [0, 0.1) is 0 Å². The number of aliphatic imine (C=N–C) groups is 1. The lowest BCUT2D eigenvalue weighted by molar-refractivity contribution is 1.63. The average Bonchev–Trinajstić information content (AvgIpc) is 1.35. The second-order valence-corrected chi connectivity index (χ2v) is 1.14. The summed E-state index contributed by atoms with van der Waals surface area (Å²) in [6.45, 7) is 1.76. The van der Waals surface area contributed by atoms with Gasteiger partial charge in [-0.2, -0.15) is 0 Å². The van der Waals surface area contributed by atoms with Crippen LogP contribution in [-0.4, -0.2) is 11.3 Å². The van der Waals surface area contributed by atoms with Gasteiger partial charge < -0.3 is 5.73 Å². The van der Waals surface area contributed by atoms with E-state index in [-0.39, 0.29) is 5.11 Å². The second kappa shape index (κ2) is 2.78. The Bertz CT molecular complexity index is 76.9. The molecule has 2 nitrogen and oxygen atoms in total. The van der Waals surface area contributed by atoms with Crippen molar-refractivity contribution >= 4 is 23.5 Å². The van der Waals surface area contributed by atoms with Crippen molar-refractivity contribution in [3.8, 4) is 0 Å². The highest BCUT2D eigenvalue weighted by Crippen LogP contribution is 1.61. The van der Waals surface area contributed by atoms with Crippen LogP contribution in [0.1, 0.15) is 6.92 Å². The van der Waals surface area contributed by atoms with E-state index in [1.165, 1.54) is 0 Å². The summed E-state index contributed by atoms with van der Waals surface area (Å²) >= 11 is 4.37. The van der Waals surface area contributed by atoms with Crippen LogP contribution < -0.4 is 5.73 Å². The van der Waals surface area contributed by atoms with Crippen molar-refractivity contribution in [2.45, 2.75) is 6.92 Å². The zero-order chi connectivity index (χ0) is 4.99. The lowest BCUT2D eigenvalue weighted by Crippen LogP contribution is -2.02. The Morgan fingerprint density at radius 3 is 2.50 bits per heavy atom. The number of hydrogen-bond acceptors (Lipinski definition) is 1. The molecule has 2 N–H and O–H groups in total. The average molecular weight is 102 g/mol. The lowest BCUT2D eigenvalue weighted by Gasteiger charge is -1.75. The third-order valence-electron chi connectivity index (χ3n) is 0.256. The molecule has 0 bridgehead atoms. The quantitative estimate of drug-likeness (QED) is 0.353. The van der Waals surface area contributed by atoms with Crippen molar-refractivity contribution in [3.63, 3.8) is 0 Å². The van der Waals surface area contributed by atoms with Gasteiger partial charge in [-0.3, -0.25) is 0 Å². The molecular formula is C3H6N2S. The summed E-state index contributed by atoms with van der Waals surface area (Å²) in [6, 6.07) is 0. The monoisotopic (exact) mass is 102 g/mol. The number of rotatable bonds is 0. The first-order valence-corrected chi connectivity index (χ1v) is 1.96. The van der Waals surface area contributed by atoms with E-state index in [0.29, 0.717) is 0 Å². The van der Waals surface area contributed by atoms with E-state index in [2.05, 4.69) is 17.2 Å². The summed E-state index contributed by atoms with van der Waals surface area (Å²) in [6.07, 6.45) is 1.56. The van der Waals surface area contributed by atoms with Crippen LogP contribution in [0.15, 0.2) is 4.99 Å². The predicted octanol–water partition coefficient (Wildman–Crippen LogP) is 0.321. The Morgan fingerprint density at radius 1 is 2.00 bits per heavy atom. The third kappa shape index (κ3) is 3.56. The van der Waals surface area contributed by atoms with Gasteiger partial charge in [0.05, 0.1) is 0 Å². The van der Waals surface area contributed by atoms with Gasteiger partial charge in [0.1, 0.15) is 0 Å². The first-order chi connectivity index (χ1) is 2.77. The highest BCUT2D eigenvalue weighted by atomic mass is 32.1. The number of nitrogens with two attached hydrogens (primary N) is 1. The molecule has 0 fully saturated rings. The fraction of sp³-hybridized carbons (Fsp3) is 0.333. The van der Waals surface area contributed by atoms with E-state index in [1.807, 2.05) is 0 Å². The third-order valence-corrected chi connectivity index (χ3v) is 0.362. The van der Waals surface area contributed by atoms with Crippen LogP contribution in [-0.2, 0) is 0 Å². The van der Waals surface area contributed by atoms with E-state index in [9.17, 15) is 0 Å². The normalized spacial score (nSPS) is 9.50. The Morgan fingerprint density at radius 2 is 2.50 bits per heavy atom. The van der Waals surface area contributed by atoms with Crippen molar-refractivity contribution in [1.82, 2.24) is 0 Å². The zero-order valence-corrected chi connectivity index (χ0v) is 4.33. The van der Waals surface area contributed by atoms with Crippen LogP contribution in [0.2, 0.25) is 0 Å². The second-order valence-electron chi connectivity index (χ2n) is 0.726. The molecule has 0 heterocycles. The van der Waals surface area contributed by atoms with Gasteiger partial charge in [0, 0.05) is 6.21 Å². The summed E-state index contributed by atoms with van der Waals surface area (Å²) in [4.78, 5) is 3.51. The van der Waals surface area contributed by atoms with E-state index in [0.717, 1.165) is 0 Å². The fourth-order valence-corrected chi connectivity index (χ4v) is 0.233. The molecule has 3 heteroatoms. The minimum atomic E-state index is 0.192. The Kier molecular flexibility index (Phi) is 2.58. The number of thiocarbonyl (C=S) groups is 1.